The first-order valence-corrected chi connectivity index (χ1v) is 12.3. The molecule has 0 unspecified atom stereocenters. The summed E-state index contributed by atoms with van der Waals surface area (Å²) in [6.07, 6.45) is 1.57. The van der Waals surface area contributed by atoms with E-state index in [4.69, 9.17) is 4.43 Å². The Labute approximate surface area is 149 Å². The van der Waals surface area contributed by atoms with Crippen molar-refractivity contribution < 1.29 is 4.43 Å². The van der Waals surface area contributed by atoms with Gasteiger partial charge in [0, 0.05) is 25.7 Å². The van der Waals surface area contributed by atoms with Crippen molar-refractivity contribution >= 4 is 8.32 Å². The summed E-state index contributed by atoms with van der Waals surface area (Å²) in [4.78, 5) is 2.57. The average Bonchev–Trinajstić information content (AvgIpc) is 2.93. The number of nitrogens with zero attached hydrogens (tertiary/aromatic N) is 1. The fourth-order valence-electron chi connectivity index (χ4n) is 3.13. The molecular weight excluding hydrogens is 312 g/mol. The van der Waals surface area contributed by atoms with Crippen molar-refractivity contribution in [3.05, 3.63) is 35.9 Å². The minimum absolute atomic E-state index is 0.288. The second-order valence-electron chi connectivity index (χ2n) is 8.57. The van der Waals surface area contributed by atoms with Gasteiger partial charge in [-0.25, -0.2) is 0 Å². The summed E-state index contributed by atoms with van der Waals surface area (Å²) in [5, 5.41) is 3.93. The Morgan fingerprint density at radius 3 is 2.50 bits per heavy atom. The van der Waals surface area contributed by atoms with Gasteiger partial charge in [-0.1, -0.05) is 58.0 Å². The van der Waals surface area contributed by atoms with E-state index in [2.05, 4.69) is 81.3 Å². The molecule has 1 saturated heterocycles. The molecule has 0 spiro atoms. The van der Waals surface area contributed by atoms with Crippen molar-refractivity contribution in [1.29, 1.82) is 0 Å². The first kappa shape index (κ1) is 19.6. The maximum absolute atomic E-state index is 6.62. The topological polar surface area (TPSA) is 24.5 Å². The summed E-state index contributed by atoms with van der Waals surface area (Å²) in [5.41, 5.74) is 1.38. The van der Waals surface area contributed by atoms with Crippen LogP contribution in [0.3, 0.4) is 0 Å². The second-order valence-corrected chi connectivity index (χ2v) is 13.3. The van der Waals surface area contributed by atoms with Gasteiger partial charge in [-0.05, 0) is 36.7 Å². The van der Waals surface area contributed by atoms with Crippen LogP contribution in [0.5, 0.6) is 0 Å². The molecule has 1 aromatic rings. The van der Waals surface area contributed by atoms with Crippen LogP contribution in [0.1, 0.15) is 45.7 Å². The molecule has 136 valence electrons. The van der Waals surface area contributed by atoms with E-state index in [0.29, 0.717) is 12.1 Å². The third kappa shape index (κ3) is 5.15. The molecule has 1 aliphatic heterocycles. The minimum Gasteiger partial charge on any atom is -0.413 e. The Hall–Kier alpha value is -0.683. The normalized spacial score (nSPS) is 21.2. The molecule has 2 rings (SSSR count). The molecule has 2 atom stereocenters. The zero-order valence-electron chi connectivity index (χ0n) is 16.4. The van der Waals surface area contributed by atoms with Crippen molar-refractivity contribution in [3.63, 3.8) is 0 Å². The van der Waals surface area contributed by atoms with Crippen LogP contribution in [0.25, 0.3) is 0 Å². The maximum atomic E-state index is 6.62. The predicted molar refractivity (Wildman–Crippen MR) is 106 cm³/mol. The van der Waals surface area contributed by atoms with Crippen molar-refractivity contribution in [2.45, 2.75) is 64.4 Å². The first-order valence-electron chi connectivity index (χ1n) is 9.41. The lowest BCUT2D eigenvalue weighted by molar-refractivity contribution is 0.177. The molecule has 1 N–H and O–H groups in total. The van der Waals surface area contributed by atoms with E-state index in [1.807, 2.05) is 0 Å². The van der Waals surface area contributed by atoms with Crippen LogP contribution in [0.2, 0.25) is 18.1 Å². The quantitative estimate of drug-likeness (QED) is 0.738. The molecule has 0 amide bonds. The molecule has 4 heteroatoms. The molecule has 1 heterocycles. The fourth-order valence-corrected chi connectivity index (χ4v) is 4.51. The van der Waals surface area contributed by atoms with Gasteiger partial charge in [0.2, 0.25) is 0 Å². The van der Waals surface area contributed by atoms with Gasteiger partial charge >= 0.3 is 0 Å². The monoisotopic (exact) mass is 348 g/mol. The van der Waals surface area contributed by atoms with Crippen molar-refractivity contribution in [3.8, 4) is 0 Å². The molecule has 0 radical (unpaired) electrons. The third-order valence-corrected chi connectivity index (χ3v) is 10.1. The highest BCUT2D eigenvalue weighted by Crippen LogP contribution is 2.38. The van der Waals surface area contributed by atoms with Crippen LogP contribution in [0.4, 0.5) is 0 Å². The lowest BCUT2D eigenvalue weighted by Crippen LogP contribution is -2.44. The Bertz CT molecular complexity index is 498. The molecule has 24 heavy (non-hydrogen) atoms. The van der Waals surface area contributed by atoms with E-state index in [1.165, 1.54) is 12.0 Å². The number of hydrogen-bond acceptors (Lipinski definition) is 3. The largest absolute Gasteiger partial charge is 0.413 e. The highest BCUT2D eigenvalue weighted by Gasteiger charge is 2.40. The number of benzene rings is 1. The standard InChI is InChI=1S/C20H36N2OSi/c1-7-21-19(17-11-9-8-10-12-17)16-22-14-13-18(15-22)23-24(5,6)20(2,3)4/h8-12,18-19,21H,7,13-16H2,1-6H3/t18-,19+/m0/s1. The van der Waals surface area contributed by atoms with Crippen LogP contribution >= 0.6 is 0 Å². The number of rotatable bonds is 7. The van der Waals surface area contributed by atoms with E-state index >= 15 is 0 Å². The lowest BCUT2D eigenvalue weighted by Gasteiger charge is -2.38. The molecule has 0 aliphatic carbocycles. The number of hydrogen-bond donors (Lipinski definition) is 1. The van der Waals surface area contributed by atoms with Crippen LogP contribution < -0.4 is 5.32 Å². The van der Waals surface area contributed by atoms with Crippen LogP contribution in [-0.2, 0) is 4.43 Å². The summed E-state index contributed by atoms with van der Waals surface area (Å²) in [6, 6.07) is 11.2. The van der Waals surface area contributed by atoms with Crippen molar-refractivity contribution in [2.75, 3.05) is 26.2 Å². The molecule has 1 fully saturated rings. The molecule has 0 saturated carbocycles. The number of nitrogens with one attached hydrogen (secondary N) is 1. The summed E-state index contributed by atoms with van der Waals surface area (Å²) in [7, 11) is -1.66. The molecule has 1 aromatic carbocycles. The predicted octanol–water partition coefficient (Wildman–Crippen LogP) is 4.43. The minimum atomic E-state index is -1.66. The zero-order valence-corrected chi connectivity index (χ0v) is 17.4. The number of likely N-dealkylation sites (tertiary alicyclic amines) is 1. The fraction of sp³-hybridized carbons (Fsp3) is 0.700. The summed E-state index contributed by atoms with van der Waals surface area (Å²) >= 11 is 0. The highest BCUT2D eigenvalue weighted by molar-refractivity contribution is 6.74. The zero-order chi connectivity index (χ0) is 17.8. The van der Waals surface area contributed by atoms with E-state index in [9.17, 15) is 0 Å². The van der Waals surface area contributed by atoms with Crippen molar-refractivity contribution in [1.82, 2.24) is 10.2 Å². The summed E-state index contributed by atoms with van der Waals surface area (Å²) < 4.78 is 6.62. The van der Waals surface area contributed by atoms with Crippen LogP contribution in [-0.4, -0.2) is 45.5 Å². The van der Waals surface area contributed by atoms with Crippen LogP contribution in [0, 0.1) is 0 Å². The molecule has 0 aromatic heterocycles. The average molecular weight is 349 g/mol. The molecule has 1 aliphatic rings. The van der Waals surface area contributed by atoms with E-state index in [-0.39, 0.29) is 5.04 Å². The van der Waals surface area contributed by atoms with E-state index in [0.717, 1.165) is 26.2 Å². The SMILES string of the molecule is CCN[C@H](CN1CC[C@H](O[Si](C)(C)C(C)(C)C)C1)c1ccccc1. The third-order valence-electron chi connectivity index (χ3n) is 5.59. The van der Waals surface area contributed by atoms with Gasteiger partial charge in [-0.2, -0.15) is 0 Å². The van der Waals surface area contributed by atoms with Gasteiger partial charge in [-0.15, -0.1) is 0 Å². The summed E-state index contributed by atoms with van der Waals surface area (Å²) in [6.45, 7) is 18.2. The molecular formula is C20H36N2OSi. The smallest absolute Gasteiger partial charge is 0.192 e. The second kappa shape index (κ2) is 8.13. The Morgan fingerprint density at radius 1 is 1.25 bits per heavy atom. The van der Waals surface area contributed by atoms with Gasteiger partial charge in [0.1, 0.15) is 0 Å². The van der Waals surface area contributed by atoms with Crippen molar-refractivity contribution in [2.24, 2.45) is 0 Å². The molecule has 3 nitrogen and oxygen atoms in total. The van der Waals surface area contributed by atoms with Gasteiger partial charge < -0.3 is 9.74 Å². The van der Waals surface area contributed by atoms with Gasteiger partial charge in [-0.3, -0.25) is 4.90 Å². The lowest BCUT2D eigenvalue weighted by atomic mass is 10.1. The van der Waals surface area contributed by atoms with E-state index in [1.54, 1.807) is 0 Å². The van der Waals surface area contributed by atoms with Gasteiger partial charge in [0.15, 0.2) is 8.32 Å². The van der Waals surface area contributed by atoms with Gasteiger partial charge in [0.05, 0.1) is 6.10 Å². The number of likely N-dealkylation sites (N-methyl/N-ethyl adjacent to an activating group) is 1. The first-order chi connectivity index (χ1) is 11.2. The Balaban J connectivity index is 1.93. The maximum Gasteiger partial charge on any atom is 0.192 e. The Kier molecular flexibility index (Phi) is 6.65. The molecule has 0 bridgehead atoms. The Morgan fingerprint density at radius 2 is 1.92 bits per heavy atom. The van der Waals surface area contributed by atoms with Gasteiger partial charge in [0.25, 0.3) is 0 Å². The highest BCUT2D eigenvalue weighted by atomic mass is 28.4. The summed E-state index contributed by atoms with van der Waals surface area (Å²) in [5.74, 6) is 0. The van der Waals surface area contributed by atoms with Crippen LogP contribution in [0.15, 0.2) is 30.3 Å². The van der Waals surface area contributed by atoms with E-state index < -0.39 is 8.32 Å².